The molecule has 0 aromatic rings. The summed E-state index contributed by atoms with van der Waals surface area (Å²) in [6.45, 7) is 1.34. The Morgan fingerprint density at radius 2 is 2.15 bits per heavy atom. The Bertz CT molecular complexity index is 217. The number of rotatable bonds is 3. The molecule has 1 aliphatic rings. The topological polar surface area (TPSA) is 78.4 Å². The predicted molar refractivity (Wildman–Crippen MR) is 45.9 cm³/mol. The van der Waals surface area contributed by atoms with Gasteiger partial charge in [0.05, 0.1) is 18.7 Å². The molecule has 2 atom stereocenters. The van der Waals surface area contributed by atoms with Gasteiger partial charge in [0, 0.05) is 6.92 Å². The Morgan fingerprint density at radius 1 is 1.46 bits per heavy atom. The van der Waals surface area contributed by atoms with Crippen LogP contribution in [0.4, 0.5) is 0 Å². The molecule has 74 valence electrons. The average Bonchev–Trinajstić information content (AvgIpc) is 2.08. The first-order valence-corrected chi connectivity index (χ1v) is 4.31. The Hall–Kier alpha value is -1.10. The molecule has 13 heavy (non-hydrogen) atoms. The summed E-state index contributed by atoms with van der Waals surface area (Å²) in [5.74, 6) is -0.483. The molecule has 2 amide bonds. The Labute approximate surface area is 76.5 Å². The zero-order chi connectivity index (χ0) is 9.84. The molecule has 5 heteroatoms. The smallest absolute Gasteiger partial charge is 0.239 e. The van der Waals surface area contributed by atoms with Gasteiger partial charge in [0.1, 0.15) is 0 Å². The minimum absolute atomic E-state index is 0.0153. The van der Waals surface area contributed by atoms with Crippen molar-refractivity contribution in [2.75, 3.05) is 6.54 Å². The van der Waals surface area contributed by atoms with Gasteiger partial charge in [-0.15, -0.1) is 0 Å². The fourth-order valence-electron chi connectivity index (χ4n) is 1.11. The quantitative estimate of drug-likeness (QED) is 0.516. The van der Waals surface area contributed by atoms with Crippen molar-refractivity contribution in [3.05, 3.63) is 0 Å². The van der Waals surface area contributed by atoms with E-state index < -0.39 is 6.10 Å². The number of carbonyl (C=O) groups is 2. The number of nitrogens with one attached hydrogen (secondary N) is 2. The van der Waals surface area contributed by atoms with Gasteiger partial charge in [0.25, 0.3) is 0 Å². The summed E-state index contributed by atoms with van der Waals surface area (Å²) < 4.78 is 0. The third-order valence-electron chi connectivity index (χ3n) is 2.08. The number of aliphatic hydroxyl groups is 1. The molecule has 0 spiro atoms. The molecule has 1 aliphatic carbocycles. The zero-order valence-corrected chi connectivity index (χ0v) is 7.54. The molecular formula is C8H14N2O3. The van der Waals surface area contributed by atoms with Gasteiger partial charge in [-0.1, -0.05) is 0 Å². The SMILES string of the molecule is CC(=O)NCC(=O)N[C@@H]1CC[C@H]1O. The molecule has 5 nitrogen and oxygen atoms in total. The van der Waals surface area contributed by atoms with E-state index in [1.807, 2.05) is 0 Å². The van der Waals surface area contributed by atoms with Crippen LogP contribution in [-0.2, 0) is 9.59 Å². The van der Waals surface area contributed by atoms with Gasteiger partial charge in [-0.25, -0.2) is 0 Å². The highest BCUT2D eigenvalue weighted by Gasteiger charge is 2.29. The minimum atomic E-state index is -0.415. The lowest BCUT2D eigenvalue weighted by Crippen LogP contribution is -2.52. The van der Waals surface area contributed by atoms with Crippen molar-refractivity contribution in [3.8, 4) is 0 Å². The van der Waals surface area contributed by atoms with Crippen LogP contribution in [0, 0.1) is 0 Å². The van der Waals surface area contributed by atoms with Crippen LogP contribution in [0.5, 0.6) is 0 Å². The number of aliphatic hydroxyl groups excluding tert-OH is 1. The van der Waals surface area contributed by atoms with E-state index in [-0.39, 0.29) is 24.4 Å². The highest BCUT2D eigenvalue weighted by atomic mass is 16.3. The minimum Gasteiger partial charge on any atom is -0.391 e. The summed E-state index contributed by atoms with van der Waals surface area (Å²) in [7, 11) is 0. The van der Waals surface area contributed by atoms with Crippen LogP contribution in [0.3, 0.4) is 0 Å². The number of carbonyl (C=O) groups excluding carboxylic acids is 2. The Morgan fingerprint density at radius 3 is 2.54 bits per heavy atom. The largest absolute Gasteiger partial charge is 0.391 e. The summed E-state index contributed by atoms with van der Waals surface area (Å²) in [4.78, 5) is 21.5. The van der Waals surface area contributed by atoms with Gasteiger partial charge in [0.2, 0.25) is 11.8 Å². The molecule has 0 bridgehead atoms. The van der Waals surface area contributed by atoms with E-state index in [2.05, 4.69) is 10.6 Å². The Balaban J connectivity index is 2.14. The second-order valence-electron chi connectivity index (χ2n) is 3.23. The lowest BCUT2D eigenvalue weighted by Gasteiger charge is -2.32. The normalized spacial score (nSPS) is 26.0. The molecule has 0 heterocycles. The molecule has 0 radical (unpaired) electrons. The third-order valence-corrected chi connectivity index (χ3v) is 2.08. The van der Waals surface area contributed by atoms with E-state index in [0.717, 1.165) is 12.8 Å². The van der Waals surface area contributed by atoms with Crippen LogP contribution in [0.1, 0.15) is 19.8 Å². The molecule has 1 rings (SSSR count). The summed E-state index contributed by atoms with van der Waals surface area (Å²) in [6.07, 6.45) is 1.14. The third kappa shape index (κ3) is 3.02. The van der Waals surface area contributed by atoms with Crippen molar-refractivity contribution in [3.63, 3.8) is 0 Å². The van der Waals surface area contributed by atoms with Gasteiger partial charge in [-0.05, 0) is 12.8 Å². The van der Waals surface area contributed by atoms with Crippen LogP contribution in [0.25, 0.3) is 0 Å². The zero-order valence-electron chi connectivity index (χ0n) is 7.54. The fourth-order valence-corrected chi connectivity index (χ4v) is 1.11. The molecule has 0 unspecified atom stereocenters. The van der Waals surface area contributed by atoms with Gasteiger partial charge < -0.3 is 15.7 Å². The average molecular weight is 186 g/mol. The van der Waals surface area contributed by atoms with Crippen molar-refractivity contribution in [1.29, 1.82) is 0 Å². The second kappa shape index (κ2) is 4.23. The highest BCUT2D eigenvalue weighted by molar-refractivity contribution is 5.83. The van der Waals surface area contributed by atoms with E-state index in [9.17, 15) is 9.59 Å². The monoisotopic (exact) mass is 186 g/mol. The van der Waals surface area contributed by atoms with Crippen LogP contribution >= 0.6 is 0 Å². The lowest BCUT2D eigenvalue weighted by molar-refractivity contribution is -0.126. The number of amides is 2. The molecule has 1 saturated carbocycles. The van der Waals surface area contributed by atoms with E-state index in [1.54, 1.807) is 0 Å². The van der Waals surface area contributed by atoms with E-state index in [0.29, 0.717) is 0 Å². The second-order valence-corrected chi connectivity index (χ2v) is 3.23. The summed E-state index contributed by atoms with van der Waals surface area (Å²) in [5, 5.41) is 14.1. The maximum Gasteiger partial charge on any atom is 0.239 e. The van der Waals surface area contributed by atoms with Crippen LogP contribution < -0.4 is 10.6 Å². The van der Waals surface area contributed by atoms with E-state index in [1.165, 1.54) is 6.92 Å². The lowest BCUT2D eigenvalue weighted by atomic mass is 9.89. The summed E-state index contributed by atoms with van der Waals surface area (Å²) >= 11 is 0. The first kappa shape index (κ1) is 9.98. The molecule has 1 fully saturated rings. The van der Waals surface area contributed by atoms with Crippen LogP contribution in [0.2, 0.25) is 0 Å². The maximum atomic E-state index is 11.1. The summed E-state index contributed by atoms with van der Waals surface area (Å²) in [6, 6.07) is -0.124. The maximum absolute atomic E-state index is 11.1. The summed E-state index contributed by atoms with van der Waals surface area (Å²) in [5.41, 5.74) is 0. The van der Waals surface area contributed by atoms with Crippen LogP contribution in [0.15, 0.2) is 0 Å². The van der Waals surface area contributed by atoms with Crippen molar-refractivity contribution >= 4 is 11.8 Å². The molecule has 0 aromatic carbocycles. The number of hydrogen-bond acceptors (Lipinski definition) is 3. The first-order valence-electron chi connectivity index (χ1n) is 4.31. The van der Waals surface area contributed by atoms with Crippen molar-refractivity contribution in [2.45, 2.75) is 31.9 Å². The molecule has 0 saturated heterocycles. The van der Waals surface area contributed by atoms with Gasteiger partial charge >= 0.3 is 0 Å². The number of hydrogen-bond donors (Lipinski definition) is 3. The molecule has 0 aliphatic heterocycles. The van der Waals surface area contributed by atoms with E-state index in [4.69, 9.17) is 5.11 Å². The van der Waals surface area contributed by atoms with Crippen molar-refractivity contribution in [2.24, 2.45) is 0 Å². The highest BCUT2D eigenvalue weighted by Crippen LogP contribution is 2.18. The first-order chi connectivity index (χ1) is 6.09. The predicted octanol–water partition coefficient (Wildman–Crippen LogP) is -1.24. The molecular weight excluding hydrogens is 172 g/mol. The van der Waals surface area contributed by atoms with Crippen LogP contribution in [-0.4, -0.2) is 35.6 Å². The molecule has 3 N–H and O–H groups in total. The van der Waals surface area contributed by atoms with Gasteiger partial charge in [-0.3, -0.25) is 9.59 Å². The standard InChI is InChI=1S/C8H14N2O3/c1-5(11)9-4-8(13)10-6-2-3-7(6)12/h6-7,12H,2-4H2,1H3,(H,9,11)(H,10,13)/t6-,7-/m1/s1. The molecule has 0 aromatic heterocycles. The van der Waals surface area contributed by atoms with Crippen molar-refractivity contribution in [1.82, 2.24) is 10.6 Å². The fraction of sp³-hybridized carbons (Fsp3) is 0.750. The van der Waals surface area contributed by atoms with Gasteiger partial charge in [-0.2, -0.15) is 0 Å². The van der Waals surface area contributed by atoms with Crippen molar-refractivity contribution < 1.29 is 14.7 Å². The van der Waals surface area contributed by atoms with Gasteiger partial charge in [0.15, 0.2) is 0 Å². The Kier molecular flexibility index (Phi) is 3.25. The van der Waals surface area contributed by atoms with E-state index >= 15 is 0 Å².